The summed E-state index contributed by atoms with van der Waals surface area (Å²) in [6, 6.07) is 25.9. The van der Waals surface area contributed by atoms with Gasteiger partial charge in [-0.1, -0.05) is 87.4 Å². The van der Waals surface area contributed by atoms with E-state index in [9.17, 15) is 9.90 Å². The number of aliphatic carboxylic acids is 1. The van der Waals surface area contributed by atoms with Crippen molar-refractivity contribution in [1.29, 1.82) is 0 Å². The zero-order chi connectivity index (χ0) is 28.8. The summed E-state index contributed by atoms with van der Waals surface area (Å²) in [5.74, 6) is -0.388. The van der Waals surface area contributed by atoms with Gasteiger partial charge in [0.25, 0.3) is 0 Å². The van der Waals surface area contributed by atoms with E-state index in [0.717, 1.165) is 34.9 Å². The topological polar surface area (TPSA) is 59.5 Å². The molecule has 1 aromatic heterocycles. The van der Waals surface area contributed by atoms with Crippen LogP contribution in [0, 0.1) is 0 Å². The zero-order valence-electron chi connectivity index (χ0n) is 25.4. The Labute approximate surface area is 276 Å². The molecule has 3 aromatic carbocycles. The first-order valence-corrected chi connectivity index (χ1v) is 15.7. The number of rotatable bonds is 12. The summed E-state index contributed by atoms with van der Waals surface area (Å²) in [5.41, 5.74) is 8.36. The number of anilines is 1. The van der Waals surface area contributed by atoms with Gasteiger partial charge in [0.05, 0.1) is 17.7 Å². The van der Waals surface area contributed by atoms with Crippen molar-refractivity contribution in [2.45, 2.75) is 71.0 Å². The van der Waals surface area contributed by atoms with Gasteiger partial charge in [0.1, 0.15) is 5.01 Å². The molecule has 0 fully saturated rings. The first-order valence-electron chi connectivity index (χ1n) is 14.8. The van der Waals surface area contributed by atoms with Gasteiger partial charge in [0.2, 0.25) is 0 Å². The van der Waals surface area contributed by atoms with E-state index in [1.54, 1.807) is 11.3 Å². The van der Waals surface area contributed by atoms with E-state index < -0.39 is 5.97 Å². The van der Waals surface area contributed by atoms with Crippen LogP contribution in [0.4, 0.5) is 5.69 Å². The van der Waals surface area contributed by atoms with E-state index in [-0.39, 0.29) is 42.1 Å². The van der Waals surface area contributed by atoms with Crippen molar-refractivity contribution in [2.24, 2.45) is 0 Å². The number of carboxylic acid groups (broad SMARTS) is 1. The van der Waals surface area contributed by atoms with Gasteiger partial charge in [-0.2, -0.15) is 0 Å². The zero-order valence-corrected chi connectivity index (χ0v) is 28.2. The molecule has 7 heteroatoms. The molecule has 4 aromatic rings. The predicted octanol–water partition coefficient (Wildman–Crippen LogP) is 3.98. The Hall–Kier alpha value is -2.48. The number of hydrogen-bond donors (Lipinski definition) is 0. The molecule has 214 valence electrons. The minimum absolute atomic E-state index is 0. The van der Waals surface area contributed by atoms with Gasteiger partial charge in [-0.15, -0.1) is 11.3 Å². The van der Waals surface area contributed by atoms with Gasteiger partial charge in [-0.3, -0.25) is 4.90 Å². The molecule has 0 bridgehead atoms. The third-order valence-corrected chi connectivity index (χ3v) is 9.18. The second kappa shape index (κ2) is 15.3. The van der Waals surface area contributed by atoms with Crippen molar-refractivity contribution in [3.8, 4) is 11.3 Å². The Morgan fingerprint density at radius 3 is 2.31 bits per heavy atom. The van der Waals surface area contributed by atoms with Crippen LogP contribution in [-0.4, -0.2) is 29.4 Å². The van der Waals surface area contributed by atoms with Crippen LogP contribution in [0.2, 0.25) is 0 Å². The molecule has 0 spiro atoms. The van der Waals surface area contributed by atoms with Gasteiger partial charge in [0, 0.05) is 43.3 Å². The standard InChI is InChI=1S/C35H41N3O2S.Na/c1-4-8-26(9-5-2)27-14-12-25(13-15-27)21-37(3)31-18-16-28(17-19-31)32-24-41-35(36-32)33-20-29-10-6-7-11-30(29)22-38(33)23-34(39)40;/h6-7,10-19,24,26,33H,4-5,8-9,20-23H2,1-3H3,(H,39,40);/q;+1/p-1/t33-;/m0./s1. The Balaban J connectivity index is 0.00000405. The molecule has 42 heavy (non-hydrogen) atoms. The molecule has 1 atom stereocenters. The smallest absolute Gasteiger partial charge is 0.549 e. The number of carbonyl (C=O) groups is 1. The number of thiazole rings is 1. The molecule has 0 amide bonds. The maximum atomic E-state index is 11.5. The molecule has 0 radical (unpaired) electrons. The fraction of sp³-hybridized carbons (Fsp3) is 0.371. The normalized spacial score (nSPS) is 14.8. The fourth-order valence-electron chi connectivity index (χ4n) is 6.05. The van der Waals surface area contributed by atoms with E-state index in [0.29, 0.717) is 12.5 Å². The molecule has 0 N–H and O–H groups in total. The summed E-state index contributed by atoms with van der Waals surface area (Å²) >= 11 is 1.60. The second-order valence-corrected chi connectivity index (χ2v) is 12.1. The summed E-state index contributed by atoms with van der Waals surface area (Å²) in [7, 11) is 2.13. The van der Waals surface area contributed by atoms with Crippen LogP contribution in [0.15, 0.2) is 78.2 Å². The van der Waals surface area contributed by atoms with Crippen molar-refractivity contribution < 1.29 is 39.5 Å². The monoisotopic (exact) mass is 589 g/mol. The van der Waals surface area contributed by atoms with Crippen molar-refractivity contribution in [3.63, 3.8) is 0 Å². The fourth-order valence-corrected chi connectivity index (χ4v) is 7.01. The van der Waals surface area contributed by atoms with Crippen molar-refractivity contribution in [2.75, 3.05) is 18.5 Å². The maximum absolute atomic E-state index is 11.5. The molecular weight excluding hydrogens is 549 g/mol. The molecule has 0 aliphatic carbocycles. The summed E-state index contributed by atoms with van der Waals surface area (Å²) in [5, 5.41) is 14.5. The number of carbonyl (C=O) groups excluding carboxylic acids is 1. The molecule has 5 nitrogen and oxygen atoms in total. The van der Waals surface area contributed by atoms with Gasteiger partial charge < -0.3 is 14.8 Å². The first-order chi connectivity index (χ1) is 19.9. The molecule has 1 aliphatic heterocycles. The number of carboxylic acids is 1. The third kappa shape index (κ3) is 7.91. The van der Waals surface area contributed by atoms with Crippen molar-refractivity contribution in [1.82, 2.24) is 9.88 Å². The minimum Gasteiger partial charge on any atom is -0.549 e. The molecule has 1 aliphatic rings. The van der Waals surface area contributed by atoms with Crippen molar-refractivity contribution >= 4 is 23.0 Å². The van der Waals surface area contributed by atoms with E-state index in [4.69, 9.17) is 4.98 Å². The number of nitrogens with zero attached hydrogens (tertiary/aromatic N) is 3. The van der Waals surface area contributed by atoms with Gasteiger partial charge in [-0.05, 0) is 59.6 Å². The molecule has 0 saturated carbocycles. The molecule has 2 heterocycles. The second-order valence-electron chi connectivity index (χ2n) is 11.3. The Morgan fingerprint density at radius 2 is 1.67 bits per heavy atom. The summed E-state index contributed by atoms with van der Waals surface area (Å²) in [6.45, 7) is 5.88. The molecule has 0 saturated heterocycles. The number of fused-ring (bicyclic) bond motifs is 1. The van der Waals surface area contributed by atoms with E-state index >= 15 is 0 Å². The van der Waals surface area contributed by atoms with E-state index in [1.807, 2.05) is 17.0 Å². The van der Waals surface area contributed by atoms with Crippen LogP contribution >= 0.6 is 11.3 Å². The third-order valence-electron chi connectivity index (χ3n) is 8.23. The molecule has 0 unspecified atom stereocenters. The van der Waals surface area contributed by atoms with E-state index in [1.165, 1.54) is 47.9 Å². The average molecular weight is 590 g/mol. The molecule has 5 rings (SSSR count). The predicted molar refractivity (Wildman–Crippen MR) is 167 cm³/mol. The van der Waals surface area contributed by atoms with Crippen LogP contribution in [0.3, 0.4) is 0 Å². The van der Waals surface area contributed by atoms with Gasteiger partial charge in [0.15, 0.2) is 0 Å². The summed E-state index contributed by atoms with van der Waals surface area (Å²) < 4.78 is 0. The van der Waals surface area contributed by atoms with Crippen LogP contribution in [0.25, 0.3) is 11.3 Å². The maximum Gasteiger partial charge on any atom is 1.00 e. The quantitative estimate of drug-likeness (QED) is 0.234. The minimum atomic E-state index is -1.06. The average Bonchev–Trinajstić information content (AvgIpc) is 3.47. The van der Waals surface area contributed by atoms with Crippen LogP contribution in [-0.2, 0) is 24.3 Å². The molecular formula is C35H40N3NaO2S. The largest absolute Gasteiger partial charge is 1.00 e. The van der Waals surface area contributed by atoms with Gasteiger partial charge in [-0.25, -0.2) is 4.98 Å². The Morgan fingerprint density at radius 1 is 1.00 bits per heavy atom. The van der Waals surface area contributed by atoms with Crippen molar-refractivity contribution in [3.05, 3.63) is 105 Å². The summed E-state index contributed by atoms with van der Waals surface area (Å²) in [6.07, 6.45) is 5.71. The van der Waals surface area contributed by atoms with Crippen LogP contribution in [0.5, 0.6) is 0 Å². The van der Waals surface area contributed by atoms with E-state index in [2.05, 4.69) is 91.8 Å². The SMILES string of the molecule is CCCC(CCC)c1ccc(CN(C)c2ccc(-c3csc([C@@H]4Cc5ccccc5CN4CC(=O)[O-])n3)cc2)cc1.[Na+]. The summed E-state index contributed by atoms with van der Waals surface area (Å²) in [4.78, 5) is 20.7. The number of aromatic nitrogens is 1. The Kier molecular flexibility index (Phi) is 11.8. The first kappa shape index (κ1) is 32.4. The van der Waals surface area contributed by atoms with Crippen LogP contribution in [0.1, 0.15) is 78.8 Å². The number of benzene rings is 3. The Bertz CT molecular complexity index is 1430. The van der Waals surface area contributed by atoms with Gasteiger partial charge >= 0.3 is 29.6 Å². The number of hydrogen-bond acceptors (Lipinski definition) is 6. The van der Waals surface area contributed by atoms with Crippen LogP contribution < -0.4 is 39.6 Å².